The van der Waals surface area contributed by atoms with Crippen LogP contribution in [0.25, 0.3) is 0 Å². The number of nitrogens with one attached hydrogen (secondary N) is 1. The van der Waals surface area contributed by atoms with Crippen molar-refractivity contribution < 1.29 is 4.79 Å². The van der Waals surface area contributed by atoms with E-state index >= 15 is 0 Å². The molecular weight excluding hydrogens is 262 g/mol. The number of anilines is 2. The third kappa shape index (κ3) is 3.27. The molecule has 0 radical (unpaired) electrons. The Balaban J connectivity index is 2.02. The van der Waals surface area contributed by atoms with Crippen LogP contribution in [0.1, 0.15) is 21.7 Å². The molecule has 0 amide bonds. The van der Waals surface area contributed by atoms with E-state index in [1.807, 2.05) is 74.8 Å². The van der Waals surface area contributed by atoms with Crippen LogP contribution in [-0.2, 0) is 7.05 Å². The van der Waals surface area contributed by atoms with E-state index in [-0.39, 0.29) is 5.78 Å². The predicted octanol–water partition coefficient (Wildman–Crippen LogP) is 3.00. The van der Waals surface area contributed by atoms with Crippen LogP contribution in [0.4, 0.5) is 11.4 Å². The first-order chi connectivity index (χ1) is 9.90. The highest BCUT2D eigenvalue weighted by molar-refractivity contribution is 6.00. The molecule has 0 saturated heterocycles. The number of carbonyl (C=O) groups excluding carboxylic acids is 1. The Morgan fingerprint density at radius 3 is 2.29 bits per heavy atom. The van der Waals surface area contributed by atoms with E-state index in [1.165, 1.54) is 0 Å². The molecule has 0 saturated carbocycles. The number of aromatic nitrogens is 1. The van der Waals surface area contributed by atoms with Crippen molar-refractivity contribution in [3.8, 4) is 0 Å². The van der Waals surface area contributed by atoms with Gasteiger partial charge in [0.05, 0.1) is 6.54 Å². The topological polar surface area (TPSA) is 37.3 Å². The van der Waals surface area contributed by atoms with Gasteiger partial charge in [0.15, 0.2) is 5.78 Å². The summed E-state index contributed by atoms with van der Waals surface area (Å²) in [6, 6.07) is 10.0. The molecule has 2 aromatic rings. The average molecular weight is 285 g/mol. The van der Waals surface area contributed by atoms with Crippen molar-refractivity contribution in [2.24, 2.45) is 7.05 Å². The molecule has 0 bridgehead atoms. The average Bonchev–Trinajstić information content (AvgIpc) is 2.73. The van der Waals surface area contributed by atoms with E-state index in [9.17, 15) is 4.79 Å². The summed E-state index contributed by atoms with van der Waals surface area (Å²) >= 11 is 0. The number of hydrogen-bond donors (Lipinski definition) is 1. The van der Waals surface area contributed by atoms with Gasteiger partial charge in [-0.2, -0.15) is 0 Å². The third-order valence-electron chi connectivity index (χ3n) is 3.91. The Hall–Kier alpha value is -2.23. The van der Waals surface area contributed by atoms with Gasteiger partial charge in [-0.05, 0) is 44.2 Å². The molecule has 112 valence electrons. The summed E-state index contributed by atoms with van der Waals surface area (Å²) in [5.41, 5.74) is 5.02. The van der Waals surface area contributed by atoms with Crippen LogP contribution in [0.2, 0.25) is 0 Å². The van der Waals surface area contributed by atoms with Crippen molar-refractivity contribution in [1.82, 2.24) is 4.57 Å². The van der Waals surface area contributed by atoms with Crippen LogP contribution >= 0.6 is 0 Å². The standard InChI is InChI=1S/C17H23N3O/c1-12-10-16(13(2)20(12)5)17(21)11-18-14-6-8-15(9-7-14)19(3)4/h6-10,18H,11H2,1-5H3. The molecule has 0 fully saturated rings. The lowest BCUT2D eigenvalue weighted by atomic mass is 10.1. The van der Waals surface area contributed by atoms with Gasteiger partial charge < -0.3 is 14.8 Å². The fourth-order valence-corrected chi connectivity index (χ4v) is 2.29. The second kappa shape index (κ2) is 6.04. The van der Waals surface area contributed by atoms with Crippen LogP contribution in [-0.4, -0.2) is 31.0 Å². The lowest BCUT2D eigenvalue weighted by Crippen LogP contribution is -2.15. The molecule has 0 atom stereocenters. The van der Waals surface area contributed by atoms with Crippen molar-refractivity contribution in [1.29, 1.82) is 0 Å². The largest absolute Gasteiger partial charge is 0.378 e. The van der Waals surface area contributed by atoms with E-state index in [0.717, 1.165) is 28.3 Å². The predicted molar refractivity (Wildman–Crippen MR) is 88.5 cm³/mol. The van der Waals surface area contributed by atoms with Gasteiger partial charge in [-0.1, -0.05) is 0 Å². The number of rotatable bonds is 5. The van der Waals surface area contributed by atoms with Gasteiger partial charge in [0.25, 0.3) is 0 Å². The zero-order chi connectivity index (χ0) is 15.6. The number of Topliss-reactive ketones (excluding diaryl/α,β-unsaturated/α-hetero) is 1. The van der Waals surface area contributed by atoms with Crippen molar-refractivity contribution in [2.75, 3.05) is 30.9 Å². The monoisotopic (exact) mass is 285 g/mol. The fourth-order valence-electron chi connectivity index (χ4n) is 2.29. The maximum absolute atomic E-state index is 12.3. The first-order valence-electron chi connectivity index (χ1n) is 7.07. The quantitative estimate of drug-likeness (QED) is 0.858. The molecule has 21 heavy (non-hydrogen) atoms. The summed E-state index contributed by atoms with van der Waals surface area (Å²) in [6.07, 6.45) is 0. The molecule has 1 aromatic heterocycles. The zero-order valence-corrected chi connectivity index (χ0v) is 13.4. The van der Waals surface area contributed by atoms with Crippen molar-refractivity contribution in [3.05, 3.63) is 47.3 Å². The number of aryl methyl sites for hydroxylation is 1. The Morgan fingerprint density at radius 1 is 1.19 bits per heavy atom. The molecule has 4 nitrogen and oxygen atoms in total. The minimum absolute atomic E-state index is 0.118. The maximum atomic E-state index is 12.3. The summed E-state index contributed by atoms with van der Waals surface area (Å²) in [7, 11) is 5.99. The minimum atomic E-state index is 0.118. The van der Waals surface area contributed by atoms with E-state index in [1.54, 1.807) is 0 Å². The van der Waals surface area contributed by atoms with Gasteiger partial charge in [0, 0.05) is 49.5 Å². The third-order valence-corrected chi connectivity index (χ3v) is 3.91. The van der Waals surface area contributed by atoms with Crippen molar-refractivity contribution >= 4 is 17.2 Å². The molecule has 1 N–H and O–H groups in total. The highest BCUT2D eigenvalue weighted by atomic mass is 16.1. The summed E-state index contributed by atoms with van der Waals surface area (Å²) < 4.78 is 2.04. The molecule has 0 aliphatic carbocycles. The molecule has 2 rings (SSSR count). The van der Waals surface area contributed by atoms with Crippen LogP contribution in [0.15, 0.2) is 30.3 Å². The van der Waals surface area contributed by atoms with Gasteiger partial charge >= 0.3 is 0 Å². The number of benzene rings is 1. The summed E-state index contributed by atoms with van der Waals surface area (Å²) in [5, 5.41) is 3.19. The summed E-state index contributed by atoms with van der Waals surface area (Å²) in [4.78, 5) is 14.3. The number of ketones is 1. The van der Waals surface area contributed by atoms with Gasteiger partial charge in [-0.15, -0.1) is 0 Å². The lowest BCUT2D eigenvalue weighted by Gasteiger charge is -2.13. The lowest BCUT2D eigenvalue weighted by molar-refractivity contribution is 0.101. The Labute approximate surface area is 126 Å². The molecule has 0 spiro atoms. The first-order valence-corrected chi connectivity index (χ1v) is 7.07. The van der Waals surface area contributed by atoms with Crippen LogP contribution < -0.4 is 10.2 Å². The molecule has 1 heterocycles. The van der Waals surface area contributed by atoms with Crippen molar-refractivity contribution in [2.45, 2.75) is 13.8 Å². The smallest absolute Gasteiger partial charge is 0.183 e. The maximum Gasteiger partial charge on any atom is 0.183 e. The number of carbonyl (C=O) groups is 1. The van der Waals surface area contributed by atoms with Crippen LogP contribution in [0.5, 0.6) is 0 Å². The highest BCUT2D eigenvalue weighted by Crippen LogP contribution is 2.17. The minimum Gasteiger partial charge on any atom is -0.378 e. The fraction of sp³-hybridized carbons (Fsp3) is 0.353. The Bertz CT molecular complexity index is 639. The molecule has 4 heteroatoms. The van der Waals surface area contributed by atoms with E-state index in [4.69, 9.17) is 0 Å². The van der Waals surface area contributed by atoms with E-state index < -0.39 is 0 Å². The summed E-state index contributed by atoms with van der Waals surface area (Å²) in [5.74, 6) is 0.118. The first kappa shape index (κ1) is 15.2. The second-order valence-electron chi connectivity index (χ2n) is 5.56. The van der Waals surface area contributed by atoms with Gasteiger partial charge in [-0.25, -0.2) is 0 Å². The van der Waals surface area contributed by atoms with Gasteiger partial charge in [0.2, 0.25) is 0 Å². The Morgan fingerprint density at radius 2 is 1.81 bits per heavy atom. The second-order valence-corrected chi connectivity index (χ2v) is 5.56. The van der Waals surface area contributed by atoms with Gasteiger partial charge in [0.1, 0.15) is 0 Å². The molecule has 1 aromatic carbocycles. The normalized spacial score (nSPS) is 10.5. The number of hydrogen-bond acceptors (Lipinski definition) is 3. The molecule has 0 unspecified atom stereocenters. The number of nitrogens with zero attached hydrogens (tertiary/aromatic N) is 2. The summed E-state index contributed by atoms with van der Waals surface area (Å²) in [6.45, 7) is 4.30. The molecule has 0 aliphatic rings. The van der Waals surface area contributed by atoms with Gasteiger partial charge in [-0.3, -0.25) is 4.79 Å². The van der Waals surface area contributed by atoms with Crippen LogP contribution in [0, 0.1) is 13.8 Å². The van der Waals surface area contributed by atoms with E-state index in [0.29, 0.717) is 6.54 Å². The van der Waals surface area contributed by atoms with Crippen LogP contribution in [0.3, 0.4) is 0 Å². The highest BCUT2D eigenvalue weighted by Gasteiger charge is 2.13. The molecular formula is C17H23N3O. The van der Waals surface area contributed by atoms with E-state index in [2.05, 4.69) is 5.32 Å². The Kier molecular flexibility index (Phi) is 4.36. The zero-order valence-electron chi connectivity index (χ0n) is 13.4. The van der Waals surface area contributed by atoms with Crippen molar-refractivity contribution in [3.63, 3.8) is 0 Å². The molecule has 0 aliphatic heterocycles. The SMILES string of the molecule is Cc1cc(C(=O)CNc2ccc(N(C)C)cc2)c(C)n1C.